The van der Waals surface area contributed by atoms with Gasteiger partial charge in [0.15, 0.2) is 23.3 Å². The minimum atomic E-state index is -1.99. The van der Waals surface area contributed by atoms with E-state index in [9.17, 15) is 22.4 Å². The Labute approximate surface area is 107 Å². The highest BCUT2D eigenvalue weighted by atomic mass is 19.2. The summed E-state index contributed by atoms with van der Waals surface area (Å²) in [5, 5.41) is 2.49. The maximum absolute atomic E-state index is 13.4. The van der Waals surface area contributed by atoms with E-state index >= 15 is 0 Å². The van der Waals surface area contributed by atoms with Crippen LogP contribution in [0.5, 0.6) is 0 Å². The molecule has 1 N–H and O–H groups in total. The summed E-state index contributed by atoms with van der Waals surface area (Å²) in [5.41, 5.74) is -1.46. The van der Waals surface area contributed by atoms with E-state index in [2.05, 4.69) is 5.32 Å². The van der Waals surface area contributed by atoms with E-state index in [4.69, 9.17) is 0 Å². The lowest BCUT2D eigenvalue weighted by atomic mass is 9.99. The highest BCUT2D eigenvalue weighted by Gasteiger charge is 2.30. The third kappa shape index (κ3) is 2.47. The fourth-order valence-corrected chi connectivity index (χ4v) is 1.95. The summed E-state index contributed by atoms with van der Waals surface area (Å²) in [4.78, 5) is 11.8. The van der Waals surface area contributed by atoms with Crippen LogP contribution in [-0.2, 0) is 0 Å². The van der Waals surface area contributed by atoms with Crippen LogP contribution in [0.1, 0.15) is 30.1 Å². The molecule has 0 bridgehead atoms. The number of carbonyl (C=O) groups is 1. The highest BCUT2D eigenvalue weighted by Crippen LogP contribution is 2.24. The molecule has 2 nitrogen and oxygen atoms in total. The van der Waals surface area contributed by atoms with Gasteiger partial charge in [-0.2, -0.15) is 0 Å². The molecule has 1 aromatic rings. The third-order valence-electron chi connectivity index (χ3n) is 3.07. The molecule has 1 aliphatic rings. The van der Waals surface area contributed by atoms with Crippen molar-refractivity contribution >= 4 is 5.91 Å². The molecule has 19 heavy (non-hydrogen) atoms. The summed E-state index contributed by atoms with van der Waals surface area (Å²) >= 11 is 0. The quantitative estimate of drug-likeness (QED) is 0.381. The van der Waals surface area contributed by atoms with Crippen molar-refractivity contribution < 1.29 is 22.4 Å². The zero-order valence-electron chi connectivity index (χ0n) is 10.1. The second-order valence-electron chi connectivity index (χ2n) is 4.74. The summed E-state index contributed by atoms with van der Waals surface area (Å²) in [5.74, 6) is -8.17. The standard InChI is InChI=1S/C13H11F4NO/c1-13(4-2-3-5-13)18-12(19)7-6-8(14)10(16)11(17)9(7)15/h2-3,6H,4-5H2,1H3,(H,18,19). The van der Waals surface area contributed by atoms with E-state index in [0.717, 1.165) is 0 Å². The van der Waals surface area contributed by atoms with Crippen LogP contribution in [-0.4, -0.2) is 11.4 Å². The third-order valence-corrected chi connectivity index (χ3v) is 3.07. The van der Waals surface area contributed by atoms with Crippen LogP contribution in [0.25, 0.3) is 0 Å². The smallest absolute Gasteiger partial charge is 0.254 e. The van der Waals surface area contributed by atoms with Crippen LogP contribution in [0, 0.1) is 23.3 Å². The van der Waals surface area contributed by atoms with Gasteiger partial charge in [0.1, 0.15) is 0 Å². The van der Waals surface area contributed by atoms with E-state index in [1.54, 1.807) is 6.92 Å². The molecule has 1 aromatic carbocycles. The molecule has 0 atom stereocenters. The van der Waals surface area contributed by atoms with Crippen LogP contribution in [0.3, 0.4) is 0 Å². The van der Waals surface area contributed by atoms with Gasteiger partial charge in [-0.15, -0.1) is 0 Å². The van der Waals surface area contributed by atoms with Gasteiger partial charge in [0.05, 0.1) is 5.56 Å². The highest BCUT2D eigenvalue weighted by molar-refractivity contribution is 5.95. The topological polar surface area (TPSA) is 29.1 Å². The molecule has 0 heterocycles. The summed E-state index contributed by atoms with van der Waals surface area (Å²) in [6.07, 6.45) is 4.74. The first-order valence-electron chi connectivity index (χ1n) is 5.64. The van der Waals surface area contributed by atoms with Crippen molar-refractivity contribution in [3.05, 3.63) is 47.1 Å². The fourth-order valence-electron chi connectivity index (χ4n) is 1.95. The zero-order chi connectivity index (χ0) is 14.2. The number of rotatable bonds is 2. The Morgan fingerprint density at radius 1 is 1.11 bits per heavy atom. The first kappa shape index (κ1) is 13.6. The van der Waals surface area contributed by atoms with Gasteiger partial charge in [0.25, 0.3) is 5.91 Å². The number of nitrogens with one attached hydrogen (secondary N) is 1. The molecular weight excluding hydrogens is 262 g/mol. The van der Waals surface area contributed by atoms with Gasteiger partial charge in [-0.05, 0) is 25.8 Å². The average molecular weight is 273 g/mol. The average Bonchev–Trinajstić information content (AvgIpc) is 2.77. The maximum atomic E-state index is 13.4. The van der Waals surface area contributed by atoms with Crippen molar-refractivity contribution in [2.75, 3.05) is 0 Å². The second kappa shape index (κ2) is 4.68. The Hall–Kier alpha value is -1.85. The lowest BCUT2D eigenvalue weighted by Gasteiger charge is -2.25. The van der Waals surface area contributed by atoms with Gasteiger partial charge in [-0.1, -0.05) is 12.2 Å². The van der Waals surface area contributed by atoms with E-state index in [1.165, 1.54) is 0 Å². The molecule has 0 radical (unpaired) electrons. The Morgan fingerprint density at radius 3 is 2.26 bits per heavy atom. The Kier molecular flexibility index (Phi) is 3.34. The van der Waals surface area contributed by atoms with Crippen LogP contribution < -0.4 is 5.32 Å². The van der Waals surface area contributed by atoms with Crippen molar-refractivity contribution in [1.82, 2.24) is 5.32 Å². The van der Waals surface area contributed by atoms with Crippen molar-refractivity contribution in [3.63, 3.8) is 0 Å². The van der Waals surface area contributed by atoms with E-state index in [0.29, 0.717) is 18.9 Å². The molecule has 1 amide bonds. The van der Waals surface area contributed by atoms with E-state index in [-0.39, 0.29) is 0 Å². The van der Waals surface area contributed by atoms with Gasteiger partial charge in [-0.3, -0.25) is 4.79 Å². The Morgan fingerprint density at radius 2 is 1.68 bits per heavy atom. The van der Waals surface area contributed by atoms with Gasteiger partial charge in [-0.25, -0.2) is 17.6 Å². The molecule has 1 aliphatic carbocycles. The van der Waals surface area contributed by atoms with Crippen molar-refractivity contribution in [2.24, 2.45) is 0 Å². The second-order valence-corrected chi connectivity index (χ2v) is 4.74. The first-order valence-corrected chi connectivity index (χ1v) is 5.64. The van der Waals surface area contributed by atoms with Crippen molar-refractivity contribution in [2.45, 2.75) is 25.3 Å². The number of amides is 1. The van der Waals surface area contributed by atoms with Crippen LogP contribution in [0.2, 0.25) is 0 Å². The monoisotopic (exact) mass is 273 g/mol. The largest absolute Gasteiger partial charge is 0.346 e. The zero-order valence-corrected chi connectivity index (χ0v) is 10.1. The van der Waals surface area contributed by atoms with Gasteiger partial charge < -0.3 is 5.32 Å². The summed E-state index contributed by atoms with van der Waals surface area (Å²) in [6.45, 7) is 1.72. The minimum absolute atomic E-state index is 0.356. The molecule has 0 spiro atoms. The van der Waals surface area contributed by atoms with Gasteiger partial charge in [0, 0.05) is 5.54 Å². The number of halogens is 4. The van der Waals surface area contributed by atoms with Crippen LogP contribution in [0.4, 0.5) is 17.6 Å². The van der Waals surface area contributed by atoms with Crippen LogP contribution >= 0.6 is 0 Å². The summed E-state index contributed by atoms with van der Waals surface area (Å²) in [7, 11) is 0. The fraction of sp³-hybridized carbons (Fsp3) is 0.308. The molecule has 0 saturated heterocycles. The molecule has 0 fully saturated rings. The molecular formula is C13H11F4NO. The molecule has 102 valence electrons. The molecule has 2 rings (SSSR count). The maximum Gasteiger partial charge on any atom is 0.254 e. The Balaban J connectivity index is 2.29. The molecule has 0 unspecified atom stereocenters. The predicted molar refractivity (Wildman–Crippen MR) is 60.5 cm³/mol. The van der Waals surface area contributed by atoms with E-state index in [1.807, 2.05) is 12.2 Å². The summed E-state index contributed by atoms with van der Waals surface area (Å²) in [6, 6.07) is 0.356. The SMILES string of the molecule is CC1(NC(=O)c2cc(F)c(F)c(F)c2F)CC=CC1. The minimum Gasteiger partial charge on any atom is -0.346 e. The molecule has 6 heteroatoms. The first-order chi connectivity index (χ1) is 8.84. The number of carbonyl (C=O) groups excluding carboxylic acids is 1. The predicted octanol–water partition coefficient (Wildman–Crippen LogP) is 3.08. The lowest BCUT2D eigenvalue weighted by Crippen LogP contribution is -2.44. The molecule has 0 saturated carbocycles. The van der Waals surface area contributed by atoms with E-state index < -0.39 is 40.3 Å². The molecule has 0 aliphatic heterocycles. The summed E-state index contributed by atoms with van der Waals surface area (Å²) < 4.78 is 52.3. The van der Waals surface area contributed by atoms with Crippen molar-refractivity contribution in [3.8, 4) is 0 Å². The number of hydrogen-bond donors (Lipinski definition) is 1. The Bertz CT molecular complexity index is 560. The number of hydrogen-bond acceptors (Lipinski definition) is 1. The van der Waals surface area contributed by atoms with Crippen molar-refractivity contribution in [1.29, 1.82) is 0 Å². The molecule has 0 aromatic heterocycles. The lowest BCUT2D eigenvalue weighted by molar-refractivity contribution is 0.0904. The number of benzene rings is 1. The van der Waals surface area contributed by atoms with Crippen LogP contribution in [0.15, 0.2) is 18.2 Å². The van der Waals surface area contributed by atoms with Gasteiger partial charge >= 0.3 is 0 Å². The van der Waals surface area contributed by atoms with Gasteiger partial charge in [0.2, 0.25) is 0 Å². The normalized spacial score (nSPS) is 16.7.